The van der Waals surface area contributed by atoms with Gasteiger partial charge in [-0.15, -0.1) is 0 Å². The van der Waals surface area contributed by atoms with E-state index in [0.717, 1.165) is 31.8 Å². The Morgan fingerprint density at radius 1 is 1.39 bits per heavy atom. The molecule has 2 N–H and O–H groups in total. The Morgan fingerprint density at radius 2 is 2.06 bits per heavy atom. The first-order chi connectivity index (χ1) is 8.48. The van der Waals surface area contributed by atoms with Crippen molar-refractivity contribution in [2.45, 2.75) is 76.5 Å². The van der Waals surface area contributed by atoms with Crippen molar-refractivity contribution in [2.75, 3.05) is 6.54 Å². The van der Waals surface area contributed by atoms with Gasteiger partial charge < -0.3 is 5.11 Å². The number of carboxylic acids is 1. The van der Waals surface area contributed by atoms with Crippen LogP contribution in [0.25, 0.3) is 0 Å². The molecule has 104 valence electrons. The fraction of sp³-hybridized carbons (Fsp3) is 0.929. The summed E-state index contributed by atoms with van der Waals surface area (Å²) in [7, 11) is 0. The summed E-state index contributed by atoms with van der Waals surface area (Å²) in [4.78, 5) is 14.1. The molecule has 0 spiro atoms. The molecule has 0 aromatic heterocycles. The molecule has 2 saturated carbocycles. The normalized spacial score (nSPS) is 32.4. The molecule has 0 aromatic carbocycles. The van der Waals surface area contributed by atoms with Gasteiger partial charge in [-0.2, -0.15) is 0 Å². The van der Waals surface area contributed by atoms with Crippen molar-refractivity contribution in [3.8, 4) is 0 Å². The molecule has 0 bridgehead atoms. The number of rotatable bonds is 6. The van der Waals surface area contributed by atoms with Crippen molar-refractivity contribution in [3.63, 3.8) is 0 Å². The quantitative estimate of drug-likeness (QED) is 0.759. The van der Waals surface area contributed by atoms with E-state index in [2.05, 4.69) is 17.1 Å². The smallest absolute Gasteiger partial charge is 0.323 e. The first-order valence-electron chi connectivity index (χ1n) is 7.25. The fourth-order valence-electron chi connectivity index (χ4n) is 3.46. The summed E-state index contributed by atoms with van der Waals surface area (Å²) in [5.41, 5.74) is -0.693. The van der Waals surface area contributed by atoms with Gasteiger partial charge in [0, 0.05) is 18.1 Å². The fourth-order valence-corrected chi connectivity index (χ4v) is 3.46. The van der Waals surface area contributed by atoms with Crippen LogP contribution in [0.15, 0.2) is 0 Å². The van der Waals surface area contributed by atoms with E-state index in [4.69, 9.17) is 0 Å². The lowest BCUT2D eigenvalue weighted by molar-refractivity contribution is -0.145. The molecule has 0 aliphatic heterocycles. The molecule has 0 saturated heterocycles. The van der Waals surface area contributed by atoms with Crippen molar-refractivity contribution in [3.05, 3.63) is 0 Å². The Kier molecular flexibility index (Phi) is 3.97. The van der Waals surface area contributed by atoms with Crippen molar-refractivity contribution >= 4 is 5.97 Å². The second-order valence-electron chi connectivity index (χ2n) is 6.14. The summed E-state index contributed by atoms with van der Waals surface area (Å²) in [6.07, 6.45) is 5.11. The predicted octanol–water partition coefficient (Wildman–Crippen LogP) is 1.84. The van der Waals surface area contributed by atoms with E-state index in [1.807, 2.05) is 13.8 Å². The van der Waals surface area contributed by atoms with Gasteiger partial charge in [-0.25, -0.2) is 0 Å². The van der Waals surface area contributed by atoms with Crippen LogP contribution in [0.5, 0.6) is 0 Å². The first kappa shape index (κ1) is 13.8. The number of nitrogens with one attached hydrogen (secondary N) is 1. The average Bonchev–Trinajstić information content (AvgIpc) is 3.01. The number of carbonyl (C=O) groups is 1. The third kappa shape index (κ3) is 2.69. The van der Waals surface area contributed by atoms with Gasteiger partial charge in [-0.3, -0.25) is 15.0 Å². The molecule has 0 heterocycles. The third-order valence-electron chi connectivity index (χ3n) is 4.31. The minimum atomic E-state index is -0.693. The van der Waals surface area contributed by atoms with Gasteiger partial charge in [0.15, 0.2) is 0 Å². The van der Waals surface area contributed by atoms with Gasteiger partial charge in [0.05, 0.1) is 0 Å². The van der Waals surface area contributed by atoms with Gasteiger partial charge in [-0.1, -0.05) is 6.92 Å². The first-order valence-corrected chi connectivity index (χ1v) is 7.25. The van der Waals surface area contributed by atoms with Gasteiger partial charge in [0.2, 0.25) is 0 Å². The molecule has 2 fully saturated rings. The zero-order valence-corrected chi connectivity index (χ0v) is 11.8. The van der Waals surface area contributed by atoms with E-state index >= 15 is 0 Å². The summed E-state index contributed by atoms with van der Waals surface area (Å²) < 4.78 is 0. The number of nitrogens with zero attached hydrogens (tertiary/aromatic N) is 1. The molecule has 0 amide bonds. The Morgan fingerprint density at radius 3 is 2.50 bits per heavy atom. The number of carboxylic acid groups (broad SMARTS) is 1. The largest absolute Gasteiger partial charge is 0.480 e. The maximum Gasteiger partial charge on any atom is 0.323 e. The SMILES string of the molecule is CCN(C1CC1)C1CCC(NC(C)C)(C(=O)O)C1. The molecule has 2 unspecified atom stereocenters. The van der Waals surface area contributed by atoms with Gasteiger partial charge in [0.25, 0.3) is 0 Å². The van der Waals surface area contributed by atoms with Crippen LogP contribution in [-0.2, 0) is 4.79 Å². The molecular weight excluding hydrogens is 228 g/mol. The van der Waals surface area contributed by atoms with E-state index in [0.29, 0.717) is 6.04 Å². The summed E-state index contributed by atoms with van der Waals surface area (Å²) >= 11 is 0. The number of hydrogen-bond acceptors (Lipinski definition) is 3. The maximum absolute atomic E-state index is 11.6. The maximum atomic E-state index is 11.6. The Balaban J connectivity index is 2.05. The van der Waals surface area contributed by atoms with Crippen LogP contribution in [0, 0.1) is 0 Å². The molecule has 0 aromatic rings. The van der Waals surface area contributed by atoms with Crippen LogP contribution < -0.4 is 5.32 Å². The minimum absolute atomic E-state index is 0.218. The van der Waals surface area contributed by atoms with Crippen molar-refractivity contribution in [2.24, 2.45) is 0 Å². The molecule has 0 radical (unpaired) electrons. The van der Waals surface area contributed by atoms with Crippen LogP contribution in [0.3, 0.4) is 0 Å². The van der Waals surface area contributed by atoms with Gasteiger partial charge in [0.1, 0.15) is 5.54 Å². The van der Waals surface area contributed by atoms with Gasteiger partial charge >= 0.3 is 5.97 Å². The highest BCUT2D eigenvalue weighted by Crippen LogP contribution is 2.38. The van der Waals surface area contributed by atoms with E-state index in [9.17, 15) is 9.90 Å². The average molecular weight is 254 g/mol. The summed E-state index contributed by atoms with van der Waals surface area (Å²) in [5, 5.41) is 12.9. The van der Waals surface area contributed by atoms with Crippen molar-refractivity contribution in [1.82, 2.24) is 10.2 Å². The zero-order valence-electron chi connectivity index (χ0n) is 11.8. The van der Waals surface area contributed by atoms with Crippen LogP contribution in [0.2, 0.25) is 0 Å². The molecular formula is C14H26N2O2. The van der Waals surface area contributed by atoms with E-state index in [1.165, 1.54) is 12.8 Å². The van der Waals surface area contributed by atoms with Gasteiger partial charge in [-0.05, 0) is 52.5 Å². The Bertz CT molecular complexity index is 315. The van der Waals surface area contributed by atoms with Crippen LogP contribution in [-0.4, -0.2) is 46.2 Å². The molecule has 4 heteroatoms. The molecule has 2 rings (SSSR count). The topological polar surface area (TPSA) is 52.6 Å². The molecule has 2 atom stereocenters. The number of aliphatic carboxylic acids is 1. The number of hydrogen-bond donors (Lipinski definition) is 2. The lowest BCUT2D eigenvalue weighted by Gasteiger charge is -2.31. The van der Waals surface area contributed by atoms with Crippen molar-refractivity contribution in [1.29, 1.82) is 0 Å². The highest BCUT2D eigenvalue weighted by atomic mass is 16.4. The molecule has 4 nitrogen and oxygen atoms in total. The standard InChI is InChI=1S/C14H26N2O2/c1-4-16(11-5-6-11)12-7-8-14(9-12,13(17)18)15-10(2)3/h10-12,15H,4-9H2,1-3H3,(H,17,18). The second kappa shape index (κ2) is 5.17. The lowest BCUT2D eigenvalue weighted by atomic mass is 9.96. The summed E-state index contributed by atoms with van der Waals surface area (Å²) in [6.45, 7) is 7.29. The van der Waals surface area contributed by atoms with Crippen molar-refractivity contribution < 1.29 is 9.90 Å². The van der Waals surface area contributed by atoms with E-state index < -0.39 is 11.5 Å². The summed E-state index contributed by atoms with van der Waals surface area (Å²) in [5.74, 6) is -0.675. The Labute approximate surface area is 110 Å². The van der Waals surface area contributed by atoms with Crippen LogP contribution in [0.1, 0.15) is 52.9 Å². The van der Waals surface area contributed by atoms with Crippen LogP contribution >= 0.6 is 0 Å². The summed E-state index contributed by atoms with van der Waals surface area (Å²) in [6, 6.07) is 1.39. The Hall–Kier alpha value is -0.610. The predicted molar refractivity (Wildman–Crippen MR) is 71.7 cm³/mol. The highest BCUT2D eigenvalue weighted by molar-refractivity contribution is 5.79. The minimum Gasteiger partial charge on any atom is -0.480 e. The molecule has 18 heavy (non-hydrogen) atoms. The lowest BCUT2D eigenvalue weighted by Crippen LogP contribution is -2.54. The van der Waals surface area contributed by atoms with Crippen LogP contribution in [0.4, 0.5) is 0 Å². The molecule has 2 aliphatic carbocycles. The highest BCUT2D eigenvalue weighted by Gasteiger charge is 2.48. The van der Waals surface area contributed by atoms with E-state index in [1.54, 1.807) is 0 Å². The van der Waals surface area contributed by atoms with E-state index in [-0.39, 0.29) is 6.04 Å². The second-order valence-corrected chi connectivity index (χ2v) is 6.14. The third-order valence-corrected chi connectivity index (χ3v) is 4.31. The molecule has 2 aliphatic rings. The monoisotopic (exact) mass is 254 g/mol. The zero-order chi connectivity index (χ0) is 13.3.